The Morgan fingerprint density at radius 3 is 2.36 bits per heavy atom. The Balaban J connectivity index is 1.81. The molecule has 2 unspecified atom stereocenters. The first-order valence-electron chi connectivity index (χ1n) is 8.56. The Labute approximate surface area is 173 Å². The van der Waals surface area contributed by atoms with Gasteiger partial charge in [-0.3, -0.25) is 14.4 Å². The zero-order valence-electron chi connectivity index (χ0n) is 15.4. The SMILES string of the molecule is CC(OC(=O)CNC(=O)c1ccc(Cl)cc1Cl)C(=O)NC(C)c1ccccc1. The summed E-state index contributed by atoms with van der Waals surface area (Å²) in [4.78, 5) is 36.2. The summed E-state index contributed by atoms with van der Waals surface area (Å²) in [6.07, 6.45) is -1.00. The van der Waals surface area contributed by atoms with Gasteiger partial charge in [-0.2, -0.15) is 0 Å². The first kappa shape index (κ1) is 21.7. The fraction of sp³-hybridized carbons (Fsp3) is 0.250. The fourth-order valence-corrected chi connectivity index (χ4v) is 2.86. The maximum atomic E-state index is 12.2. The van der Waals surface area contributed by atoms with E-state index < -0.39 is 30.4 Å². The zero-order chi connectivity index (χ0) is 20.7. The first-order valence-corrected chi connectivity index (χ1v) is 9.31. The molecule has 2 N–H and O–H groups in total. The van der Waals surface area contributed by atoms with Crippen molar-refractivity contribution in [2.45, 2.75) is 26.0 Å². The number of amides is 2. The van der Waals surface area contributed by atoms with E-state index in [0.29, 0.717) is 5.02 Å². The predicted molar refractivity (Wildman–Crippen MR) is 107 cm³/mol. The highest BCUT2D eigenvalue weighted by molar-refractivity contribution is 6.36. The number of hydrogen-bond donors (Lipinski definition) is 2. The molecule has 2 amide bonds. The van der Waals surface area contributed by atoms with E-state index >= 15 is 0 Å². The third kappa shape index (κ3) is 6.25. The van der Waals surface area contributed by atoms with E-state index in [1.165, 1.54) is 25.1 Å². The summed E-state index contributed by atoms with van der Waals surface area (Å²) in [5, 5.41) is 5.73. The predicted octanol–water partition coefficient (Wildman–Crippen LogP) is 3.53. The van der Waals surface area contributed by atoms with E-state index in [1.54, 1.807) is 0 Å². The minimum Gasteiger partial charge on any atom is -0.451 e. The second-order valence-electron chi connectivity index (χ2n) is 6.08. The third-order valence-electron chi connectivity index (χ3n) is 3.90. The number of rotatable bonds is 7. The summed E-state index contributed by atoms with van der Waals surface area (Å²) in [6.45, 7) is 2.89. The van der Waals surface area contributed by atoms with Crippen LogP contribution in [0.5, 0.6) is 0 Å². The van der Waals surface area contributed by atoms with E-state index in [9.17, 15) is 14.4 Å². The largest absolute Gasteiger partial charge is 0.451 e. The lowest BCUT2D eigenvalue weighted by molar-refractivity contribution is -0.154. The smallest absolute Gasteiger partial charge is 0.326 e. The summed E-state index contributed by atoms with van der Waals surface area (Å²) >= 11 is 11.7. The number of esters is 1. The van der Waals surface area contributed by atoms with Crippen LogP contribution in [0.4, 0.5) is 0 Å². The molecule has 148 valence electrons. The van der Waals surface area contributed by atoms with Gasteiger partial charge in [-0.05, 0) is 37.6 Å². The molecule has 0 saturated carbocycles. The number of ether oxygens (including phenoxy) is 1. The normalized spacial score (nSPS) is 12.6. The molecule has 0 heterocycles. The molecule has 8 heteroatoms. The van der Waals surface area contributed by atoms with Crippen molar-refractivity contribution in [3.63, 3.8) is 0 Å². The third-order valence-corrected chi connectivity index (χ3v) is 4.45. The second kappa shape index (κ2) is 10.1. The van der Waals surface area contributed by atoms with Crippen LogP contribution in [-0.2, 0) is 14.3 Å². The molecular weight excluding hydrogens is 403 g/mol. The zero-order valence-corrected chi connectivity index (χ0v) is 16.9. The number of carbonyl (C=O) groups excluding carboxylic acids is 3. The topological polar surface area (TPSA) is 84.5 Å². The molecule has 2 atom stereocenters. The fourth-order valence-electron chi connectivity index (χ4n) is 2.37. The molecule has 0 saturated heterocycles. The molecule has 2 aromatic rings. The molecule has 0 aromatic heterocycles. The van der Waals surface area contributed by atoms with E-state index in [2.05, 4.69) is 10.6 Å². The lowest BCUT2D eigenvalue weighted by Gasteiger charge is -2.18. The van der Waals surface area contributed by atoms with Crippen LogP contribution in [0.15, 0.2) is 48.5 Å². The molecule has 0 radical (unpaired) electrons. The van der Waals surface area contributed by atoms with Gasteiger partial charge in [-0.15, -0.1) is 0 Å². The van der Waals surface area contributed by atoms with Gasteiger partial charge in [0.05, 0.1) is 16.6 Å². The van der Waals surface area contributed by atoms with Crippen molar-refractivity contribution in [3.8, 4) is 0 Å². The van der Waals surface area contributed by atoms with Gasteiger partial charge in [0, 0.05) is 5.02 Å². The molecule has 0 fully saturated rings. The Bertz CT molecular complexity index is 859. The van der Waals surface area contributed by atoms with Gasteiger partial charge in [0.2, 0.25) is 0 Å². The molecule has 0 aliphatic carbocycles. The van der Waals surface area contributed by atoms with E-state index in [0.717, 1.165) is 5.56 Å². The van der Waals surface area contributed by atoms with Crippen LogP contribution in [0.2, 0.25) is 10.0 Å². The molecule has 28 heavy (non-hydrogen) atoms. The average molecular weight is 423 g/mol. The highest BCUT2D eigenvalue weighted by Gasteiger charge is 2.20. The molecule has 0 aliphatic rings. The lowest BCUT2D eigenvalue weighted by atomic mass is 10.1. The van der Waals surface area contributed by atoms with Crippen molar-refractivity contribution < 1.29 is 19.1 Å². The van der Waals surface area contributed by atoms with Crippen LogP contribution in [0.3, 0.4) is 0 Å². The van der Waals surface area contributed by atoms with Gasteiger partial charge in [0.25, 0.3) is 11.8 Å². The van der Waals surface area contributed by atoms with Crippen molar-refractivity contribution >= 4 is 41.0 Å². The minimum atomic E-state index is -1.00. The van der Waals surface area contributed by atoms with Crippen LogP contribution in [0, 0.1) is 0 Å². The van der Waals surface area contributed by atoms with E-state index in [4.69, 9.17) is 27.9 Å². The standard InChI is InChI=1S/C20H20Cl2N2O4/c1-12(14-6-4-3-5-7-14)24-19(26)13(2)28-18(25)11-23-20(27)16-9-8-15(21)10-17(16)22/h3-10,12-13H,11H2,1-2H3,(H,23,27)(H,24,26). The maximum Gasteiger partial charge on any atom is 0.326 e. The summed E-state index contributed by atoms with van der Waals surface area (Å²) in [5.74, 6) is -1.72. The van der Waals surface area contributed by atoms with Crippen molar-refractivity contribution in [2.75, 3.05) is 6.54 Å². The van der Waals surface area contributed by atoms with Crippen molar-refractivity contribution in [1.29, 1.82) is 0 Å². The number of benzene rings is 2. The molecule has 0 spiro atoms. The van der Waals surface area contributed by atoms with Crippen molar-refractivity contribution in [3.05, 3.63) is 69.7 Å². The lowest BCUT2D eigenvalue weighted by Crippen LogP contribution is -2.39. The van der Waals surface area contributed by atoms with Crippen LogP contribution in [0.25, 0.3) is 0 Å². The molecule has 0 bridgehead atoms. The molecule has 2 rings (SSSR count). The number of hydrogen-bond acceptors (Lipinski definition) is 4. The maximum absolute atomic E-state index is 12.2. The van der Waals surface area contributed by atoms with Crippen molar-refractivity contribution in [1.82, 2.24) is 10.6 Å². The quantitative estimate of drug-likeness (QED) is 0.668. The number of carbonyl (C=O) groups is 3. The monoisotopic (exact) mass is 422 g/mol. The molecule has 0 aliphatic heterocycles. The summed E-state index contributed by atoms with van der Waals surface area (Å²) < 4.78 is 5.06. The van der Waals surface area contributed by atoms with Gasteiger partial charge in [-0.1, -0.05) is 53.5 Å². The molecular formula is C20H20Cl2N2O4. The van der Waals surface area contributed by atoms with Crippen LogP contribution < -0.4 is 10.6 Å². The highest BCUT2D eigenvalue weighted by Crippen LogP contribution is 2.20. The Morgan fingerprint density at radius 1 is 1.04 bits per heavy atom. The first-order chi connectivity index (χ1) is 13.3. The summed E-state index contributed by atoms with van der Waals surface area (Å²) in [5.41, 5.74) is 1.11. The van der Waals surface area contributed by atoms with Crippen molar-refractivity contribution in [2.24, 2.45) is 0 Å². The molecule has 2 aromatic carbocycles. The van der Waals surface area contributed by atoms with E-state index in [1.807, 2.05) is 37.3 Å². The van der Waals surface area contributed by atoms with Crippen LogP contribution in [0.1, 0.15) is 35.8 Å². The van der Waals surface area contributed by atoms with Crippen LogP contribution in [-0.4, -0.2) is 30.4 Å². The summed E-state index contributed by atoms with van der Waals surface area (Å²) in [7, 11) is 0. The van der Waals surface area contributed by atoms with E-state index in [-0.39, 0.29) is 16.6 Å². The van der Waals surface area contributed by atoms with Gasteiger partial charge < -0.3 is 15.4 Å². The Hall–Kier alpha value is -2.57. The van der Waals surface area contributed by atoms with Gasteiger partial charge in [0.1, 0.15) is 6.54 Å². The average Bonchev–Trinajstić information content (AvgIpc) is 2.66. The highest BCUT2D eigenvalue weighted by atomic mass is 35.5. The van der Waals surface area contributed by atoms with Crippen LogP contribution >= 0.6 is 23.2 Å². The molecule has 6 nitrogen and oxygen atoms in total. The second-order valence-corrected chi connectivity index (χ2v) is 6.92. The minimum absolute atomic E-state index is 0.168. The summed E-state index contributed by atoms with van der Waals surface area (Å²) in [6, 6.07) is 13.6. The van der Waals surface area contributed by atoms with Gasteiger partial charge in [-0.25, -0.2) is 0 Å². The van der Waals surface area contributed by atoms with Gasteiger partial charge >= 0.3 is 5.97 Å². The van der Waals surface area contributed by atoms with Gasteiger partial charge in [0.15, 0.2) is 6.10 Å². The number of nitrogens with one attached hydrogen (secondary N) is 2. The Kier molecular flexibility index (Phi) is 7.84. The Morgan fingerprint density at radius 2 is 1.71 bits per heavy atom. The number of halogens is 2.